The van der Waals surface area contributed by atoms with E-state index in [1.807, 2.05) is 18.3 Å². The van der Waals surface area contributed by atoms with Crippen molar-refractivity contribution in [2.75, 3.05) is 24.5 Å². The second-order valence-corrected chi connectivity index (χ2v) is 5.97. The molecule has 1 heterocycles. The maximum atomic E-state index is 9.24. The molecule has 0 aliphatic carbocycles. The van der Waals surface area contributed by atoms with Gasteiger partial charge in [0.25, 0.3) is 0 Å². The van der Waals surface area contributed by atoms with Crippen molar-refractivity contribution in [1.29, 1.82) is 0 Å². The molecule has 0 radical (unpaired) electrons. The predicted octanol–water partition coefficient (Wildman–Crippen LogP) is 3.03. The van der Waals surface area contributed by atoms with Crippen LogP contribution in [0, 0.1) is 0 Å². The Balaban J connectivity index is 1.75. The van der Waals surface area contributed by atoms with Crippen LogP contribution in [0.15, 0.2) is 30.5 Å². The Kier molecular flexibility index (Phi) is 6.02. The van der Waals surface area contributed by atoms with Crippen molar-refractivity contribution < 1.29 is 5.11 Å². The number of thiazole rings is 1. The van der Waals surface area contributed by atoms with Gasteiger partial charge < -0.3 is 15.3 Å². The average Bonchev–Trinajstić information content (AvgIpc) is 2.96. The maximum Gasteiger partial charge on any atom is 0.185 e. The Morgan fingerprint density at radius 1 is 1.19 bits per heavy atom. The minimum Gasteiger partial charge on any atom is -0.508 e. The third kappa shape index (κ3) is 4.72. The zero-order valence-electron chi connectivity index (χ0n) is 12.7. The predicted molar refractivity (Wildman–Crippen MR) is 89.2 cm³/mol. The molecule has 114 valence electrons. The van der Waals surface area contributed by atoms with Crippen LogP contribution in [0.5, 0.6) is 5.75 Å². The van der Waals surface area contributed by atoms with Crippen LogP contribution in [-0.2, 0) is 13.0 Å². The number of benzene rings is 1. The summed E-state index contributed by atoms with van der Waals surface area (Å²) in [7, 11) is 0. The van der Waals surface area contributed by atoms with Gasteiger partial charge in [-0.25, -0.2) is 4.98 Å². The number of nitrogens with zero attached hydrogens (tertiary/aromatic N) is 2. The Bertz CT molecular complexity index is 535. The highest BCUT2D eigenvalue weighted by molar-refractivity contribution is 7.15. The van der Waals surface area contributed by atoms with Gasteiger partial charge in [-0.15, -0.1) is 11.3 Å². The molecule has 2 rings (SSSR count). The van der Waals surface area contributed by atoms with Crippen LogP contribution in [0.25, 0.3) is 0 Å². The number of aromatic nitrogens is 1. The van der Waals surface area contributed by atoms with Gasteiger partial charge in [0, 0.05) is 30.7 Å². The summed E-state index contributed by atoms with van der Waals surface area (Å²) in [4.78, 5) is 8.02. The lowest BCUT2D eigenvalue weighted by Crippen LogP contribution is -2.21. The summed E-state index contributed by atoms with van der Waals surface area (Å²) in [5.41, 5.74) is 1.23. The zero-order chi connectivity index (χ0) is 15.1. The fraction of sp³-hybridized carbons (Fsp3) is 0.438. The summed E-state index contributed by atoms with van der Waals surface area (Å²) >= 11 is 1.76. The number of aromatic hydroxyl groups is 1. The van der Waals surface area contributed by atoms with Gasteiger partial charge in [-0.2, -0.15) is 0 Å². The lowest BCUT2D eigenvalue weighted by Gasteiger charge is -2.16. The van der Waals surface area contributed by atoms with E-state index < -0.39 is 0 Å². The molecule has 0 saturated heterocycles. The van der Waals surface area contributed by atoms with Crippen LogP contribution in [-0.4, -0.2) is 29.7 Å². The molecule has 5 heteroatoms. The SMILES string of the molecule is CCN(CC)c1ncc(CNCCc2ccc(O)cc2)s1. The molecule has 0 fully saturated rings. The molecule has 0 aliphatic rings. The van der Waals surface area contributed by atoms with Gasteiger partial charge in [0.2, 0.25) is 0 Å². The summed E-state index contributed by atoms with van der Waals surface area (Å²) in [5.74, 6) is 0.320. The topological polar surface area (TPSA) is 48.4 Å². The molecule has 0 spiro atoms. The molecule has 1 aromatic carbocycles. The molecule has 0 unspecified atom stereocenters. The Labute approximate surface area is 130 Å². The quantitative estimate of drug-likeness (QED) is 0.736. The van der Waals surface area contributed by atoms with Crippen molar-refractivity contribution in [3.05, 3.63) is 40.9 Å². The second-order valence-electron chi connectivity index (χ2n) is 4.87. The third-order valence-electron chi connectivity index (χ3n) is 3.40. The van der Waals surface area contributed by atoms with Crippen LogP contribution in [0.4, 0.5) is 5.13 Å². The highest BCUT2D eigenvalue weighted by Gasteiger charge is 2.07. The van der Waals surface area contributed by atoms with E-state index in [0.29, 0.717) is 5.75 Å². The van der Waals surface area contributed by atoms with Crippen LogP contribution in [0.2, 0.25) is 0 Å². The van der Waals surface area contributed by atoms with Crippen molar-refractivity contribution in [2.45, 2.75) is 26.8 Å². The molecule has 1 aromatic heterocycles. The van der Waals surface area contributed by atoms with E-state index in [1.54, 1.807) is 23.5 Å². The number of nitrogens with one attached hydrogen (secondary N) is 1. The number of phenolic OH excluding ortho intramolecular Hbond substituents is 1. The van der Waals surface area contributed by atoms with Gasteiger partial charge in [0.15, 0.2) is 5.13 Å². The van der Waals surface area contributed by atoms with E-state index in [9.17, 15) is 5.11 Å². The van der Waals surface area contributed by atoms with Crippen molar-refractivity contribution in [3.8, 4) is 5.75 Å². The maximum absolute atomic E-state index is 9.24. The first kappa shape index (κ1) is 15.8. The molecular formula is C16H23N3OS. The molecule has 4 nitrogen and oxygen atoms in total. The number of hydrogen-bond acceptors (Lipinski definition) is 5. The number of hydrogen-bond donors (Lipinski definition) is 2. The fourth-order valence-corrected chi connectivity index (χ4v) is 3.13. The van der Waals surface area contributed by atoms with E-state index >= 15 is 0 Å². The summed E-state index contributed by atoms with van der Waals surface area (Å²) in [5, 5.41) is 13.8. The summed E-state index contributed by atoms with van der Waals surface area (Å²) < 4.78 is 0. The number of anilines is 1. The van der Waals surface area contributed by atoms with E-state index in [-0.39, 0.29) is 0 Å². The van der Waals surface area contributed by atoms with Crippen LogP contribution < -0.4 is 10.2 Å². The molecule has 2 N–H and O–H groups in total. The first-order valence-corrected chi connectivity index (χ1v) is 8.22. The van der Waals surface area contributed by atoms with E-state index in [4.69, 9.17) is 0 Å². The van der Waals surface area contributed by atoms with Crippen molar-refractivity contribution in [2.24, 2.45) is 0 Å². The first-order chi connectivity index (χ1) is 10.2. The van der Waals surface area contributed by atoms with Gasteiger partial charge in [0.05, 0.1) is 0 Å². The van der Waals surface area contributed by atoms with Crippen LogP contribution in [0.3, 0.4) is 0 Å². The molecular weight excluding hydrogens is 282 g/mol. The first-order valence-electron chi connectivity index (χ1n) is 7.41. The molecule has 21 heavy (non-hydrogen) atoms. The van der Waals surface area contributed by atoms with E-state index in [2.05, 4.69) is 29.0 Å². The van der Waals surface area contributed by atoms with Gasteiger partial charge >= 0.3 is 0 Å². The van der Waals surface area contributed by atoms with Gasteiger partial charge in [0.1, 0.15) is 5.75 Å². The normalized spacial score (nSPS) is 10.8. The summed E-state index contributed by atoms with van der Waals surface area (Å²) in [6.45, 7) is 8.08. The minimum absolute atomic E-state index is 0.320. The molecule has 0 bridgehead atoms. The average molecular weight is 305 g/mol. The van der Waals surface area contributed by atoms with Crippen molar-refractivity contribution >= 4 is 16.5 Å². The van der Waals surface area contributed by atoms with Crippen LogP contribution in [0.1, 0.15) is 24.3 Å². The van der Waals surface area contributed by atoms with Gasteiger partial charge in [-0.3, -0.25) is 0 Å². The standard InChI is InChI=1S/C16H23N3OS/c1-3-19(4-2)16-18-12-15(21-16)11-17-10-9-13-5-7-14(20)8-6-13/h5-8,12,17,20H,3-4,9-11H2,1-2H3. The second kappa shape index (κ2) is 8.00. The molecule has 0 atom stereocenters. The lowest BCUT2D eigenvalue weighted by molar-refractivity contribution is 0.475. The van der Waals surface area contributed by atoms with Crippen molar-refractivity contribution in [1.82, 2.24) is 10.3 Å². The number of rotatable bonds is 8. The molecule has 2 aromatic rings. The molecule has 0 saturated carbocycles. The van der Waals surface area contributed by atoms with Gasteiger partial charge in [-0.1, -0.05) is 12.1 Å². The molecule has 0 amide bonds. The Morgan fingerprint density at radius 2 is 1.90 bits per heavy atom. The Hall–Kier alpha value is -1.59. The van der Waals surface area contributed by atoms with E-state index in [1.165, 1.54) is 10.4 Å². The Morgan fingerprint density at radius 3 is 2.57 bits per heavy atom. The molecule has 0 aliphatic heterocycles. The summed E-state index contributed by atoms with van der Waals surface area (Å²) in [6.07, 6.45) is 2.92. The third-order valence-corrected chi connectivity index (χ3v) is 4.46. The van der Waals surface area contributed by atoms with E-state index in [0.717, 1.165) is 37.7 Å². The number of phenols is 1. The highest BCUT2D eigenvalue weighted by atomic mass is 32.1. The lowest BCUT2D eigenvalue weighted by atomic mass is 10.1. The zero-order valence-corrected chi connectivity index (χ0v) is 13.5. The fourth-order valence-electron chi connectivity index (χ4n) is 2.13. The van der Waals surface area contributed by atoms with Crippen LogP contribution >= 0.6 is 11.3 Å². The smallest absolute Gasteiger partial charge is 0.185 e. The van der Waals surface area contributed by atoms with Crippen molar-refractivity contribution in [3.63, 3.8) is 0 Å². The minimum atomic E-state index is 0.320. The summed E-state index contributed by atoms with van der Waals surface area (Å²) in [6, 6.07) is 7.38. The highest BCUT2D eigenvalue weighted by Crippen LogP contribution is 2.21. The largest absolute Gasteiger partial charge is 0.508 e. The monoisotopic (exact) mass is 305 g/mol. The van der Waals surface area contributed by atoms with Gasteiger partial charge in [-0.05, 0) is 44.5 Å².